The summed E-state index contributed by atoms with van der Waals surface area (Å²) in [4.78, 5) is 57.9. The van der Waals surface area contributed by atoms with E-state index in [1.54, 1.807) is 24.3 Å². The summed E-state index contributed by atoms with van der Waals surface area (Å²) in [6.45, 7) is 29.0. The fourth-order valence-electron chi connectivity index (χ4n) is 8.90. The Kier molecular flexibility index (Phi) is 14.5. The highest BCUT2D eigenvalue weighted by atomic mass is 16.6. The topological polar surface area (TPSA) is 139 Å². The van der Waals surface area contributed by atoms with Gasteiger partial charge in [0.05, 0.1) is 26.1 Å². The molecule has 348 valence electrons. The number of allylic oxidation sites excluding steroid dienone is 4. The molecule has 10 heteroatoms. The van der Waals surface area contributed by atoms with E-state index in [9.17, 15) is 20.2 Å². The lowest BCUT2D eigenvalue weighted by Gasteiger charge is -2.34. The zero-order valence-electron chi connectivity index (χ0n) is 41.3. The summed E-state index contributed by atoms with van der Waals surface area (Å²) in [6.07, 6.45) is 11.2. The minimum Gasteiger partial charge on any atom is -0.493 e. The Morgan fingerprint density at radius 1 is 0.531 bits per heavy atom. The van der Waals surface area contributed by atoms with Crippen LogP contribution in [0.1, 0.15) is 169 Å². The van der Waals surface area contributed by atoms with E-state index in [0.717, 1.165) is 49.7 Å². The lowest BCUT2D eigenvalue weighted by molar-refractivity contribution is -0.537. The summed E-state index contributed by atoms with van der Waals surface area (Å²) in [5.41, 5.74) is -0.850. The molecule has 3 aliphatic rings. The van der Waals surface area contributed by atoms with Crippen LogP contribution in [0.2, 0.25) is 0 Å². The van der Waals surface area contributed by atoms with Crippen molar-refractivity contribution in [3.63, 3.8) is 0 Å². The van der Waals surface area contributed by atoms with Gasteiger partial charge in [-0.1, -0.05) is 159 Å². The number of unbranched alkanes of at least 4 members (excludes halogenated alkanes) is 4. The van der Waals surface area contributed by atoms with Crippen LogP contribution in [0.3, 0.4) is 0 Å². The molecule has 10 nitrogen and oxygen atoms in total. The first-order valence-corrected chi connectivity index (χ1v) is 23.4. The van der Waals surface area contributed by atoms with Gasteiger partial charge < -0.3 is 9.47 Å². The smallest absolute Gasteiger partial charge is 0.306 e. The van der Waals surface area contributed by atoms with Crippen molar-refractivity contribution < 1.29 is 28.9 Å². The van der Waals surface area contributed by atoms with E-state index >= 15 is 9.59 Å². The minimum atomic E-state index is -2.20. The molecule has 3 aliphatic carbocycles. The van der Waals surface area contributed by atoms with Gasteiger partial charge in [-0.15, -0.1) is 0 Å². The highest BCUT2D eigenvalue weighted by Crippen LogP contribution is 2.46. The lowest BCUT2D eigenvalue weighted by atomic mass is 9.69. The zero-order valence-corrected chi connectivity index (χ0v) is 41.3. The number of fused-ring (bicyclic) bond motifs is 8. The molecule has 0 radical (unpaired) electrons. The Balaban J connectivity index is 1.99. The molecule has 8 bridgehead atoms. The number of ether oxygens (including phenoxy) is 2. The molecule has 2 aromatic carbocycles. The Bertz CT molecular complexity index is 2140. The Labute approximate surface area is 382 Å². The number of hydrogen-bond donors (Lipinski definition) is 0. The van der Waals surface area contributed by atoms with E-state index in [0.29, 0.717) is 58.1 Å². The van der Waals surface area contributed by atoms with Crippen LogP contribution in [0.5, 0.6) is 11.5 Å². The number of nitrogens with zero attached hydrogens (tertiary/aromatic N) is 2. The second-order valence-corrected chi connectivity index (χ2v) is 22.6. The monoisotopic (exact) mass is 879 g/mol. The van der Waals surface area contributed by atoms with Gasteiger partial charge in [-0.25, -0.2) is 0 Å². The van der Waals surface area contributed by atoms with Crippen molar-refractivity contribution in [2.45, 2.75) is 183 Å². The van der Waals surface area contributed by atoms with Gasteiger partial charge >= 0.3 is 11.1 Å². The summed E-state index contributed by atoms with van der Waals surface area (Å²) in [5.74, 6) is -0.485. The number of hydrogen-bond acceptors (Lipinski definition) is 8. The standard InChI is InChI=1S/C54H74N2O8/c1-15-17-19-21-63-45-35-23-37-27-43(51(9,10)11)34-54(47(37)57,56(61)62)32-40-30-42(50(6,7)8)26-36(46(40)64-22-20-18-16-2)24-38-28-44(52(12,13)14)33-53(48(38)58,55(59)60)31-39(45)29-41(25-35)49(3,4)5/h25-30,33-34H,15-24,31-32H2,1-14H3/t53-,54+. The molecule has 0 fully saturated rings. The van der Waals surface area contributed by atoms with Gasteiger partial charge in [-0.05, 0) is 67.9 Å². The molecular weight excluding hydrogens is 805 g/mol. The predicted molar refractivity (Wildman–Crippen MR) is 256 cm³/mol. The van der Waals surface area contributed by atoms with E-state index in [2.05, 4.69) is 13.8 Å². The molecule has 0 saturated heterocycles. The summed E-state index contributed by atoms with van der Waals surface area (Å²) >= 11 is 0. The number of carbonyl (C=O) groups excluding carboxylic acids is 2. The van der Waals surface area contributed by atoms with Crippen LogP contribution in [0.4, 0.5) is 0 Å². The number of rotatable bonds is 12. The van der Waals surface area contributed by atoms with Crippen LogP contribution in [-0.4, -0.2) is 45.7 Å². The molecule has 0 spiro atoms. The van der Waals surface area contributed by atoms with Crippen molar-refractivity contribution >= 4 is 11.6 Å². The lowest BCUT2D eigenvalue weighted by Crippen LogP contribution is -2.50. The molecule has 2 atom stereocenters. The van der Waals surface area contributed by atoms with Crippen LogP contribution in [0.25, 0.3) is 0 Å². The van der Waals surface area contributed by atoms with Gasteiger partial charge in [0.15, 0.2) is 0 Å². The van der Waals surface area contributed by atoms with E-state index in [1.165, 1.54) is 0 Å². The average Bonchev–Trinajstić information content (AvgIpc) is 3.17. The van der Waals surface area contributed by atoms with E-state index in [-0.39, 0.29) is 36.8 Å². The summed E-state index contributed by atoms with van der Waals surface area (Å²) in [7, 11) is 0. The average molecular weight is 879 g/mol. The van der Waals surface area contributed by atoms with Gasteiger partial charge in [0.2, 0.25) is 11.6 Å². The van der Waals surface area contributed by atoms with Crippen LogP contribution < -0.4 is 9.47 Å². The molecule has 0 saturated carbocycles. The first-order chi connectivity index (χ1) is 29.6. The fraction of sp³-hybridized carbons (Fsp3) is 0.593. The molecule has 0 amide bonds. The third-order valence-corrected chi connectivity index (χ3v) is 13.1. The van der Waals surface area contributed by atoms with Gasteiger partial charge in [0.25, 0.3) is 0 Å². The molecule has 0 aromatic heterocycles. The van der Waals surface area contributed by atoms with Crippen LogP contribution in [0, 0.1) is 31.1 Å². The van der Waals surface area contributed by atoms with Gasteiger partial charge in [0, 0.05) is 57.1 Å². The summed E-state index contributed by atoms with van der Waals surface area (Å²) in [6, 6.07) is 7.79. The Hall–Kier alpha value is -4.86. The maximum absolute atomic E-state index is 15.4. The number of Topliss-reactive ketones (excluding diaryl/α,β-unsaturated/α-hetero) is 2. The van der Waals surface area contributed by atoms with Crippen molar-refractivity contribution in [2.75, 3.05) is 13.2 Å². The van der Waals surface area contributed by atoms with Crippen molar-refractivity contribution in [3.8, 4) is 11.5 Å². The molecule has 2 aromatic rings. The molecule has 5 rings (SSSR count). The zero-order chi connectivity index (χ0) is 47.8. The third kappa shape index (κ3) is 10.5. The van der Waals surface area contributed by atoms with Crippen LogP contribution >= 0.6 is 0 Å². The first kappa shape index (κ1) is 50.1. The second kappa shape index (κ2) is 18.6. The predicted octanol–water partition coefficient (Wildman–Crippen LogP) is 12.3. The van der Waals surface area contributed by atoms with E-state index < -0.39 is 54.2 Å². The Morgan fingerprint density at radius 3 is 1.14 bits per heavy atom. The summed E-state index contributed by atoms with van der Waals surface area (Å²) in [5, 5.41) is 27.9. The number of benzene rings is 2. The van der Waals surface area contributed by atoms with Gasteiger partial charge in [-0.3, -0.25) is 29.8 Å². The molecule has 0 unspecified atom stereocenters. The third-order valence-electron chi connectivity index (χ3n) is 13.1. The quantitative estimate of drug-likeness (QED) is 0.117. The highest BCUT2D eigenvalue weighted by molar-refractivity contribution is 6.07. The number of ketones is 2. The first-order valence-electron chi connectivity index (χ1n) is 23.4. The maximum atomic E-state index is 15.4. The molecule has 64 heavy (non-hydrogen) atoms. The van der Waals surface area contributed by atoms with Crippen LogP contribution in [0.15, 0.2) is 70.9 Å². The van der Waals surface area contributed by atoms with E-state index in [4.69, 9.17) is 9.47 Å². The van der Waals surface area contributed by atoms with Gasteiger partial charge in [-0.2, -0.15) is 0 Å². The fourth-order valence-corrected chi connectivity index (χ4v) is 8.90. The molecular formula is C54H74N2O8. The molecule has 0 heterocycles. The molecule has 0 aliphatic heterocycles. The minimum absolute atomic E-state index is 0.0246. The van der Waals surface area contributed by atoms with Crippen molar-refractivity contribution in [3.05, 3.63) is 124 Å². The van der Waals surface area contributed by atoms with Crippen molar-refractivity contribution in [1.82, 2.24) is 0 Å². The highest BCUT2D eigenvalue weighted by Gasteiger charge is 2.56. The number of carbonyl (C=O) groups is 2. The Morgan fingerprint density at radius 2 is 0.859 bits per heavy atom. The summed E-state index contributed by atoms with van der Waals surface area (Å²) < 4.78 is 13.4. The van der Waals surface area contributed by atoms with Gasteiger partial charge in [0.1, 0.15) is 11.5 Å². The number of nitro groups is 2. The maximum Gasteiger partial charge on any atom is 0.306 e. The van der Waals surface area contributed by atoms with E-state index in [1.807, 2.05) is 107 Å². The second-order valence-electron chi connectivity index (χ2n) is 22.6. The normalized spacial score (nSPS) is 20.8. The molecule has 0 N–H and O–H groups in total. The van der Waals surface area contributed by atoms with Crippen molar-refractivity contribution in [1.29, 1.82) is 0 Å². The SMILES string of the molecule is CCCCCOc1c2cc(C(C)(C)C)cc1C[C@@]1([N+](=O)[O-])C=C(C(C)(C)C)C=C(Cc3cc(C(C)(C)C)cc(c3OCCCCC)C[C@]3([N+](=O)[O-])C=C(C(C)(C)C)C=C(C2)C3=O)C1=O. The largest absolute Gasteiger partial charge is 0.493 e. The van der Waals surface area contributed by atoms with Crippen molar-refractivity contribution in [2.24, 2.45) is 10.8 Å². The van der Waals surface area contributed by atoms with Crippen LogP contribution in [-0.2, 0) is 46.1 Å².